The molecule has 3 N–H and O–H groups in total. The van der Waals surface area contributed by atoms with Crippen molar-refractivity contribution in [1.29, 1.82) is 0 Å². The monoisotopic (exact) mass is 275 g/mol. The van der Waals surface area contributed by atoms with Gasteiger partial charge in [0.1, 0.15) is 18.3 Å². The minimum atomic E-state index is -0.723. The van der Waals surface area contributed by atoms with Crippen LogP contribution in [0.5, 0.6) is 5.75 Å². The number of hydrazine groups is 1. The molecule has 0 unspecified atom stereocenters. The van der Waals surface area contributed by atoms with E-state index in [-0.39, 0.29) is 23.2 Å². The summed E-state index contributed by atoms with van der Waals surface area (Å²) in [4.78, 5) is 11.7. The van der Waals surface area contributed by atoms with Gasteiger partial charge in [-0.3, -0.25) is 5.01 Å². The number of carbonyl (C=O) groups is 1. The maximum Gasteiger partial charge on any atom is 0.336 e. The number of rotatable bonds is 1. The first-order chi connectivity index (χ1) is 8.58. The van der Waals surface area contributed by atoms with Gasteiger partial charge in [-0.15, -0.1) is 0 Å². The van der Waals surface area contributed by atoms with Crippen molar-refractivity contribution in [3.8, 4) is 5.75 Å². The topological polar surface area (TPSA) is 73.8 Å². The molecule has 1 heterocycles. The predicted molar refractivity (Wildman–Crippen MR) is 62.8 cm³/mol. The Kier molecular flexibility index (Phi) is 3.85. The summed E-state index contributed by atoms with van der Waals surface area (Å²) < 4.78 is 18.5. The van der Waals surface area contributed by atoms with Crippen LogP contribution in [0.2, 0.25) is 5.02 Å². The molecule has 1 aromatic carbocycles. The number of anilines is 1. The van der Waals surface area contributed by atoms with Gasteiger partial charge >= 0.3 is 6.03 Å². The van der Waals surface area contributed by atoms with Crippen LogP contribution >= 0.6 is 11.6 Å². The fourth-order valence-electron chi connectivity index (χ4n) is 1.42. The second-order valence-electron chi connectivity index (χ2n) is 3.58. The number of hydrogen-bond donors (Lipinski definition) is 3. The third-order valence-corrected chi connectivity index (χ3v) is 2.64. The molecular weight excluding hydrogens is 265 g/mol. The molecule has 8 heteroatoms. The maximum absolute atomic E-state index is 13.5. The number of phenols is 1. The average molecular weight is 276 g/mol. The van der Waals surface area contributed by atoms with Gasteiger partial charge in [0.2, 0.25) is 0 Å². The zero-order valence-electron chi connectivity index (χ0n) is 9.24. The average Bonchev–Trinajstić information content (AvgIpc) is 2.37. The van der Waals surface area contributed by atoms with E-state index in [0.717, 1.165) is 12.1 Å². The fourth-order valence-corrected chi connectivity index (χ4v) is 1.57. The van der Waals surface area contributed by atoms with Crippen molar-refractivity contribution < 1.29 is 19.0 Å². The Hall–Kier alpha value is -1.57. The number of carbonyl (C=O) groups excluding carboxylic acids is 1. The number of nitrogens with one attached hydrogen (secondary N) is 2. The standard InChI is InChI=1S/C10H11ClFN3O3/c11-6-3-7(12)8(4-9(6)16)14-10(17)15-1-2-18-5-13-15/h3-4,13,16H,1-2,5H2,(H,14,17). The van der Waals surface area contributed by atoms with Crippen LogP contribution in [0.15, 0.2) is 12.1 Å². The maximum atomic E-state index is 13.5. The van der Waals surface area contributed by atoms with Crippen molar-refractivity contribution in [3.63, 3.8) is 0 Å². The van der Waals surface area contributed by atoms with Crippen LogP contribution in [0.3, 0.4) is 0 Å². The first-order valence-corrected chi connectivity index (χ1v) is 5.53. The van der Waals surface area contributed by atoms with E-state index < -0.39 is 11.8 Å². The number of hydrogen-bond acceptors (Lipinski definition) is 4. The highest BCUT2D eigenvalue weighted by atomic mass is 35.5. The van der Waals surface area contributed by atoms with Crippen LogP contribution < -0.4 is 10.7 Å². The number of amides is 2. The molecule has 0 aliphatic carbocycles. The Labute approximate surface area is 107 Å². The lowest BCUT2D eigenvalue weighted by atomic mass is 10.3. The number of benzene rings is 1. The van der Waals surface area contributed by atoms with Crippen molar-refractivity contribution in [2.75, 3.05) is 25.2 Å². The minimum Gasteiger partial charge on any atom is -0.506 e. The van der Waals surface area contributed by atoms with E-state index in [0.29, 0.717) is 13.2 Å². The van der Waals surface area contributed by atoms with Crippen molar-refractivity contribution in [1.82, 2.24) is 10.4 Å². The Bertz CT molecular complexity index is 466. The van der Waals surface area contributed by atoms with Gasteiger partial charge in [-0.2, -0.15) is 0 Å². The van der Waals surface area contributed by atoms with Crippen molar-refractivity contribution in [2.24, 2.45) is 0 Å². The van der Waals surface area contributed by atoms with Gasteiger partial charge in [0.15, 0.2) is 0 Å². The molecule has 0 aromatic heterocycles. The summed E-state index contributed by atoms with van der Waals surface area (Å²) in [5.74, 6) is -1.03. The highest BCUT2D eigenvalue weighted by Crippen LogP contribution is 2.29. The Morgan fingerprint density at radius 3 is 3.06 bits per heavy atom. The molecule has 98 valence electrons. The van der Waals surface area contributed by atoms with Gasteiger partial charge in [0.25, 0.3) is 0 Å². The molecule has 0 spiro atoms. The lowest BCUT2D eigenvalue weighted by molar-refractivity contribution is 0.00549. The predicted octanol–water partition coefficient (Wildman–Crippen LogP) is 1.51. The number of halogens is 2. The third-order valence-electron chi connectivity index (χ3n) is 2.34. The molecule has 2 rings (SSSR count). The van der Waals surface area contributed by atoms with Gasteiger partial charge in [-0.25, -0.2) is 14.6 Å². The molecule has 1 aliphatic heterocycles. The zero-order chi connectivity index (χ0) is 13.1. The van der Waals surface area contributed by atoms with Gasteiger partial charge in [-0.05, 0) is 6.07 Å². The van der Waals surface area contributed by atoms with Crippen molar-refractivity contribution >= 4 is 23.3 Å². The van der Waals surface area contributed by atoms with E-state index in [1.165, 1.54) is 5.01 Å². The third kappa shape index (κ3) is 2.81. The summed E-state index contributed by atoms with van der Waals surface area (Å²) in [7, 11) is 0. The molecule has 6 nitrogen and oxygen atoms in total. The quantitative estimate of drug-likeness (QED) is 0.726. The molecule has 0 atom stereocenters. The van der Waals surface area contributed by atoms with Gasteiger partial charge in [0, 0.05) is 6.07 Å². The molecule has 1 aliphatic rings. The summed E-state index contributed by atoms with van der Waals surface area (Å²) in [6.07, 6.45) is 0. The van der Waals surface area contributed by atoms with Gasteiger partial charge < -0.3 is 15.2 Å². The summed E-state index contributed by atoms with van der Waals surface area (Å²) in [6.45, 7) is 0.948. The largest absolute Gasteiger partial charge is 0.506 e. The Morgan fingerprint density at radius 1 is 1.61 bits per heavy atom. The molecule has 18 heavy (non-hydrogen) atoms. The molecule has 1 saturated heterocycles. The van der Waals surface area contributed by atoms with Gasteiger partial charge in [-0.1, -0.05) is 11.6 Å². The number of ether oxygens (including phenoxy) is 1. The van der Waals surface area contributed by atoms with E-state index in [1.54, 1.807) is 0 Å². The molecule has 0 saturated carbocycles. The van der Waals surface area contributed by atoms with Crippen LogP contribution in [0.25, 0.3) is 0 Å². The molecule has 1 fully saturated rings. The fraction of sp³-hybridized carbons (Fsp3) is 0.300. The SMILES string of the molecule is O=C(Nc1cc(O)c(Cl)cc1F)N1CCOCN1. The summed E-state index contributed by atoms with van der Waals surface area (Å²) in [5, 5.41) is 12.8. The number of nitrogens with zero attached hydrogens (tertiary/aromatic N) is 1. The summed E-state index contributed by atoms with van der Waals surface area (Å²) in [5.41, 5.74) is 2.53. The minimum absolute atomic E-state index is 0.116. The highest BCUT2D eigenvalue weighted by Gasteiger charge is 2.18. The van der Waals surface area contributed by atoms with E-state index in [9.17, 15) is 14.3 Å². The van der Waals surface area contributed by atoms with E-state index in [4.69, 9.17) is 16.3 Å². The second kappa shape index (κ2) is 5.38. The molecular formula is C10H11ClFN3O3. The zero-order valence-corrected chi connectivity index (χ0v) is 10.00. The van der Waals surface area contributed by atoms with E-state index in [1.807, 2.05) is 0 Å². The molecule has 0 radical (unpaired) electrons. The first kappa shape index (κ1) is 12.9. The van der Waals surface area contributed by atoms with Crippen molar-refractivity contribution in [3.05, 3.63) is 23.0 Å². The van der Waals surface area contributed by atoms with Gasteiger partial charge in [0.05, 0.1) is 23.9 Å². The Balaban J connectivity index is 2.08. The Morgan fingerprint density at radius 2 is 2.39 bits per heavy atom. The lowest BCUT2D eigenvalue weighted by Gasteiger charge is -2.27. The van der Waals surface area contributed by atoms with Crippen LogP contribution in [-0.4, -0.2) is 36.0 Å². The van der Waals surface area contributed by atoms with Crippen LogP contribution in [-0.2, 0) is 4.74 Å². The number of phenolic OH excluding ortho intramolecular Hbond substituents is 1. The summed E-state index contributed by atoms with van der Waals surface area (Å²) in [6, 6.07) is 1.44. The first-order valence-electron chi connectivity index (χ1n) is 5.15. The summed E-state index contributed by atoms with van der Waals surface area (Å²) >= 11 is 5.53. The second-order valence-corrected chi connectivity index (χ2v) is 3.98. The molecule has 1 aromatic rings. The van der Waals surface area contributed by atoms with Crippen LogP contribution in [0.1, 0.15) is 0 Å². The number of urea groups is 1. The van der Waals surface area contributed by atoms with Crippen LogP contribution in [0.4, 0.5) is 14.9 Å². The van der Waals surface area contributed by atoms with E-state index in [2.05, 4.69) is 10.7 Å². The van der Waals surface area contributed by atoms with Crippen molar-refractivity contribution in [2.45, 2.75) is 0 Å². The van der Waals surface area contributed by atoms with Crippen LogP contribution in [0, 0.1) is 5.82 Å². The van der Waals surface area contributed by atoms with E-state index >= 15 is 0 Å². The molecule has 0 bridgehead atoms. The smallest absolute Gasteiger partial charge is 0.336 e. The number of aromatic hydroxyl groups is 1. The lowest BCUT2D eigenvalue weighted by Crippen LogP contribution is -2.51. The normalized spacial score (nSPS) is 15.6. The highest BCUT2D eigenvalue weighted by molar-refractivity contribution is 6.32. The molecule has 2 amide bonds.